The lowest BCUT2D eigenvalue weighted by atomic mass is 9.97. The first-order chi connectivity index (χ1) is 10.7. The Hall–Kier alpha value is -1.80. The maximum absolute atomic E-state index is 12.1. The molecule has 0 aromatic heterocycles. The van der Waals surface area contributed by atoms with E-state index in [2.05, 4.69) is 28.7 Å². The third-order valence-electron chi connectivity index (χ3n) is 3.23. The highest BCUT2D eigenvalue weighted by Gasteiger charge is 2.24. The molecule has 0 saturated heterocycles. The molecule has 0 atom stereocenters. The number of nitrogens with one attached hydrogen (secondary N) is 1. The number of anilines is 1. The number of nitrogens with zero attached hydrogens (tertiary/aromatic N) is 3. The van der Waals surface area contributed by atoms with Crippen molar-refractivity contribution in [1.82, 2.24) is 9.73 Å². The van der Waals surface area contributed by atoms with Crippen molar-refractivity contribution in [3.63, 3.8) is 0 Å². The van der Waals surface area contributed by atoms with Gasteiger partial charge in [0.2, 0.25) is 0 Å². The van der Waals surface area contributed by atoms with Crippen LogP contribution in [0.15, 0.2) is 33.2 Å². The van der Waals surface area contributed by atoms with Crippen LogP contribution in [-0.4, -0.2) is 45.6 Å². The maximum atomic E-state index is 12.1. The highest BCUT2D eigenvalue weighted by atomic mass is 35.5. The fraction of sp³-hybridized carbons (Fsp3) is 0.429. The quantitative estimate of drug-likeness (QED) is 0.458. The van der Waals surface area contributed by atoms with Crippen molar-refractivity contribution in [2.45, 2.75) is 18.7 Å². The Kier molecular flexibility index (Phi) is 5.16. The molecule has 7 nitrogen and oxygen atoms in total. The lowest BCUT2D eigenvalue weighted by Gasteiger charge is -2.18. The molecule has 1 heterocycles. The Morgan fingerprint density at radius 1 is 1.52 bits per heavy atom. The standard InChI is InChI=1S/C14H20ClN5O2S/c1-14(2)8-18-20(9-14)6-5-17-10-19-23(21,22)11-3-4-13(16)12(15)7-11/h3-4,7-8,10H,5-6,9,16H2,1-2H3,(H,17,19). The minimum Gasteiger partial charge on any atom is -0.398 e. The molecule has 0 fully saturated rings. The van der Waals surface area contributed by atoms with Crippen LogP contribution in [0.4, 0.5) is 5.69 Å². The van der Waals surface area contributed by atoms with Gasteiger partial charge in [-0.2, -0.15) is 5.10 Å². The molecule has 0 radical (unpaired) electrons. The number of hydrazone groups is 1. The molecular formula is C14H20ClN5O2S. The van der Waals surface area contributed by atoms with E-state index in [1.807, 2.05) is 11.2 Å². The third-order valence-corrected chi connectivity index (χ3v) is 4.85. The van der Waals surface area contributed by atoms with E-state index in [0.29, 0.717) is 18.8 Å². The molecule has 0 amide bonds. The molecule has 1 aromatic rings. The predicted molar refractivity (Wildman–Crippen MR) is 93.4 cm³/mol. The van der Waals surface area contributed by atoms with Crippen molar-refractivity contribution in [3.8, 4) is 0 Å². The van der Waals surface area contributed by atoms with Gasteiger partial charge in [0.15, 0.2) is 0 Å². The smallest absolute Gasteiger partial charge is 0.262 e. The van der Waals surface area contributed by atoms with Gasteiger partial charge in [0.1, 0.15) is 0 Å². The van der Waals surface area contributed by atoms with Crippen molar-refractivity contribution < 1.29 is 8.42 Å². The molecule has 0 aliphatic carbocycles. The summed E-state index contributed by atoms with van der Waals surface area (Å²) in [5.74, 6) is 0. The number of aliphatic imine (C=N–C) groups is 1. The second kappa shape index (κ2) is 6.76. The van der Waals surface area contributed by atoms with E-state index in [-0.39, 0.29) is 15.3 Å². The normalized spacial score (nSPS) is 17.1. The van der Waals surface area contributed by atoms with Gasteiger partial charge in [0, 0.05) is 18.2 Å². The van der Waals surface area contributed by atoms with Crippen LogP contribution in [0.3, 0.4) is 0 Å². The first-order valence-corrected chi connectivity index (χ1v) is 8.91. The molecule has 23 heavy (non-hydrogen) atoms. The number of nitrogens with two attached hydrogens (primary N) is 1. The topological polar surface area (TPSA) is 100 Å². The second-order valence-corrected chi connectivity index (χ2v) is 8.08. The summed E-state index contributed by atoms with van der Waals surface area (Å²) in [5, 5.41) is 6.37. The summed E-state index contributed by atoms with van der Waals surface area (Å²) >= 11 is 5.83. The highest BCUT2D eigenvalue weighted by Crippen LogP contribution is 2.22. The summed E-state index contributed by atoms with van der Waals surface area (Å²) in [6.45, 7) is 6.11. The summed E-state index contributed by atoms with van der Waals surface area (Å²) in [4.78, 5) is 4.08. The van der Waals surface area contributed by atoms with Gasteiger partial charge in [0.25, 0.3) is 10.0 Å². The number of hydrogen-bond donors (Lipinski definition) is 2. The van der Waals surface area contributed by atoms with Gasteiger partial charge in [-0.15, -0.1) is 0 Å². The van der Waals surface area contributed by atoms with Gasteiger partial charge in [-0.25, -0.2) is 8.42 Å². The van der Waals surface area contributed by atoms with E-state index < -0.39 is 10.0 Å². The molecular weight excluding hydrogens is 338 g/mol. The molecule has 9 heteroatoms. The zero-order valence-corrected chi connectivity index (χ0v) is 14.6. The van der Waals surface area contributed by atoms with E-state index >= 15 is 0 Å². The van der Waals surface area contributed by atoms with Gasteiger partial charge in [-0.3, -0.25) is 14.7 Å². The van der Waals surface area contributed by atoms with E-state index in [4.69, 9.17) is 17.3 Å². The number of nitrogen functional groups attached to an aromatic ring is 1. The summed E-state index contributed by atoms with van der Waals surface area (Å²) in [5.41, 5.74) is 5.96. The number of hydrogen-bond acceptors (Lipinski definition) is 6. The van der Waals surface area contributed by atoms with Crippen LogP contribution in [0.2, 0.25) is 5.02 Å². The third kappa shape index (κ3) is 4.84. The highest BCUT2D eigenvalue weighted by molar-refractivity contribution is 7.90. The molecule has 0 saturated carbocycles. The molecule has 1 aliphatic heterocycles. The zero-order chi connectivity index (χ0) is 17.1. The second-order valence-electron chi connectivity index (χ2n) is 5.96. The monoisotopic (exact) mass is 357 g/mol. The van der Waals surface area contributed by atoms with Gasteiger partial charge in [-0.05, 0) is 18.2 Å². The van der Waals surface area contributed by atoms with E-state index in [1.165, 1.54) is 24.5 Å². The van der Waals surface area contributed by atoms with Gasteiger partial charge in [-0.1, -0.05) is 25.4 Å². The Labute approximate surface area is 141 Å². The van der Waals surface area contributed by atoms with Crippen LogP contribution >= 0.6 is 11.6 Å². The largest absolute Gasteiger partial charge is 0.398 e. The number of halogens is 1. The first-order valence-electron chi connectivity index (χ1n) is 7.05. The van der Waals surface area contributed by atoms with Crippen molar-refractivity contribution in [2.75, 3.05) is 25.4 Å². The first kappa shape index (κ1) is 17.6. The number of sulfonamides is 1. The molecule has 0 spiro atoms. The summed E-state index contributed by atoms with van der Waals surface area (Å²) < 4.78 is 26.4. The minimum absolute atomic E-state index is 0.0362. The molecule has 1 aliphatic rings. The van der Waals surface area contributed by atoms with Crippen LogP contribution in [0.25, 0.3) is 0 Å². The van der Waals surface area contributed by atoms with Crippen LogP contribution < -0.4 is 10.5 Å². The van der Waals surface area contributed by atoms with E-state index in [0.717, 1.165) is 6.54 Å². The fourth-order valence-corrected chi connectivity index (χ4v) is 3.13. The Morgan fingerprint density at radius 2 is 2.26 bits per heavy atom. The van der Waals surface area contributed by atoms with Crippen LogP contribution in [0, 0.1) is 5.41 Å². The average molecular weight is 358 g/mol. The average Bonchev–Trinajstić information content (AvgIpc) is 2.80. The molecule has 0 bridgehead atoms. The lowest BCUT2D eigenvalue weighted by molar-refractivity contribution is 0.273. The molecule has 2 rings (SSSR count). The summed E-state index contributed by atoms with van der Waals surface area (Å²) in [6, 6.07) is 4.13. The van der Waals surface area contributed by atoms with Crippen molar-refractivity contribution >= 4 is 39.9 Å². The van der Waals surface area contributed by atoms with Crippen molar-refractivity contribution in [1.29, 1.82) is 0 Å². The van der Waals surface area contributed by atoms with Crippen molar-refractivity contribution in [2.24, 2.45) is 15.5 Å². The molecule has 1 aromatic carbocycles. The molecule has 126 valence electrons. The zero-order valence-electron chi connectivity index (χ0n) is 13.0. The van der Waals surface area contributed by atoms with Crippen LogP contribution in [0.5, 0.6) is 0 Å². The lowest BCUT2D eigenvalue weighted by Crippen LogP contribution is -2.26. The van der Waals surface area contributed by atoms with E-state index in [9.17, 15) is 8.42 Å². The van der Waals surface area contributed by atoms with E-state index in [1.54, 1.807) is 0 Å². The maximum Gasteiger partial charge on any atom is 0.262 e. The predicted octanol–water partition coefficient (Wildman–Crippen LogP) is 1.56. The minimum atomic E-state index is -3.70. The SMILES string of the molecule is CC1(C)C=NN(CCN=CNS(=O)(=O)c2ccc(N)c(Cl)c2)C1. The van der Waals surface area contributed by atoms with Crippen LogP contribution in [0.1, 0.15) is 13.8 Å². The van der Waals surface area contributed by atoms with Gasteiger partial charge in [0.05, 0.1) is 35.0 Å². The number of rotatable bonds is 6. The van der Waals surface area contributed by atoms with Crippen LogP contribution in [-0.2, 0) is 10.0 Å². The molecule has 0 unspecified atom stereocenters. The van der Waals surface area contributed by atoms with Crippen molar-refractivity contribution in [3.05, 3.63) is 23.2 Å². The Balaban J connectivity index is 1.85. The summed E-state index contributed by atoms with van der Waals surface area (Å²) in [6.07, 6.45) is 3.08. The number of benzene rings is 1. The summed E-state index contributed by atoms with van der Waals surface area (Å²) in [7, 11) is -3.70. The van der Waals surface area contributed by atoms with Gasteiger partial charge < -0.3 is 5.73 Å². The Bertz CT molecular complexity index is 731. The Morgan fingerprint density at radius 3 is 2.87 bits per heavy atom. The fourth-order valence-electron chi connectivity index (χ4n) is 2.01. The van der Waals surface area contributed by atoms with Gasteiger partial charge >= 0.3 is 0 Å². The molecule has 3 N–H and O–H groups in total.